The molecule has 174 valence electrons. The molecule has 4 N–H and O–H groups in total. The molecule has 0 saturated heterocycles. The lowest BCUT2D eigenvalue weighted by Crippen LogP contribution is -2.11. The number of fused-ring (bicyclic) bond motifs is 1. The van der Waals surface area contributed by atoms with Gasteiger partial charge in [0.05, 0.1) is 10.4 Å². The van der Waals surface area contributed by atoms with Crippen LogP contribution in [-0.2, 0) is 14.8 Å². The second-order valence-corrected chi connectivity index (χ2v) is 9.35. The van der Waals surface area contributed by atoms with Crippen LogP contribution in [0.2, 0.25) is 0 Å². The highest BCUT2D eigenvalue weighted by Crippen LogP contribution is 2.29. The molecule has 0 atom stereocenters. The molecule has 0 spiro atoms. The quantitative estimate of drug-likeness (QED) is 0.309. The van der Waals surface area contributed by atoms with Gasteiger partial charge in [-0.2, -0.15) is 0 Å². The molecule has 0 aliphatic carbocycles. The Morgan fingerprint density at radius 1 is 1.06 bits per heavy atom. The van der Waals surface area contributed by atoms with E-state index in [9.17, 15) is 13.2 Å². The van der Waals surface area contributed by atoms with Crippen LogP contribution < -0.4 is 15.8 Å². The lowest BCUT2D eigenvalue weighted by molar-refractivity contribution is -0.117. The molecule has 0 fully saturated rings. The number of nitrogens with one attached hydrogen (secondary N) is 2. The second kappa shape index (κ2) is 9.94. The number of Topliss-reactive ketones (excluding diaryl/α,β-unsaturated/α-hetero) is 1. The fraction of sp³-hybridized carbons (Fsp3) is 0.167. The molecule has 4 aromatic rings. The van der Waals surface area contributed by atoms with E-state index in [4.69, 9.17) is 10.1 Å². The number of aromatic nitrogens is 3. The SMILES string of the molecule is CC(=O)CCCNc1cc(-c2cccc3cnc(Nc4ccc(S(N)(=O)=O)cc4)nc23)ccn1. The number of anilines is 3. The third-order valence-corrected chi connectivity index (χ3v) is 6.06. The van der Waals surface area contributed by atoms with Crippen LogP contribution in [0.1, 0.15) is 19.8 Å². The highest BCUT2D eigenvalue weighted by Gasteiger charge is 2.10. The summed E-state index contributed by atoms with van der Waals surface area (Å²) in [5, 5.41) is 12.4. The highest BCUT2D eigenvalue weighted by atomic mass is 32.2. The van der Waals surface area contributed by atoms with E-state index in [1.807, 2.05) is 30.3 Å². The van der Waals surface area contributed by atoms with E-state index >= 15 is 0 Å². The van der Waals surface area contributed by atoms with Crippen molar-refractivity contribution < 1.29 is 13.2 Å². The first kappa shape index (κ1) is 23.3. The Bertz CT molecular complexity index is 1440. The van der Waals surface area contributed by atoms with Gasteiger partial charge in [-0.3, -0.25) is 0 Å². The van der Waals surface area contributed by atoms with Crippen LogP contribution in [-0.4, -0.2) is 35.7 Å². The average molecular weight is 477 g/mol. The number of carbonyl (C=O) groups excluding carboxylic acids is 1. The predicted molar refractivity (Wildman–Crippen MR) is 132 cm³/mol. The molecule has 0 aliphatic heterocycles. The van der Waals surface area contributed by atoms with Gasteiger partial charge >= 0.3 is 0 Å². The largest absolute Gasteiger partial charge is 0.370 e. The van der Waals surface area contributed by atoms with E-state index in [1.54, 1.807) is 31.5 Å². The highest BCUT2D eigenvalue weighted by molar-refractivity contribution is 7.89. The molecule has 0 aliphatic rings. The summed E-state index contributed by atoms with van der Waals surface area (Å²) in [5.41, 5.74) is 3.25. The number of hydrogen-bond acceptors (Lipinski definition) is 8. The van der Waals surface area contributed by atoms with Crippen molar-refractivity contribution in [3.63, 3.8) is 0 Å². The number of pyridine rings is 1. The fourth-order valence-electron chi connectivity index (χ4n) is 3.45. The van der Waals surface area contributed by atoms with Crippen molar-refractivity contribution >= 4 is 44.2 Å². The fourth-order valence-corrected chi connectivity index (χ4v) is 3.97. The Morgan fingerprint density at radius 3 is 2.59 bits per heavy atom. The van der Waals surface area contributed by atoms with Crippen molar-refractivity contribution in [2.75, 3.05) is 17.2 Å². The molecule has 9 nitrogen and oxygen atoms in total. The van der Waals surface area contributed by atoms with Gasteiger partial charge in [-0.15, -0.1) is 0 Å². The van der Waals surface area contributed by atoms with Gasteiger partial charge in [0, 0.05) is 42.0 Å². The first-order valence-corrected chi connectivity index (χ1v) is 12.2. The number of nitrogens with zero attached hydrogens (tertiary/aromatic N) is 3. The van der Waals surface area contributed by atoms with Gasteiger partial charge in [-0.05, 0) is 55.3 Å². The van der Waals surface area contributed by atoms with Crippen LogP contribution >= 0.6 is 0 Å². The standard InChI is InChI=1S/C24H24N6O3S/c1-16(31)4-3-12-26-22-14-17(11-13-27-22)21-6-2-5-18-15-28-24(30-23(18)21)29-19-7-9-20(10-8-19)34(25,32)33/h2,5-11,13-15H,3-4,12H2,1H3,(H,26,27)(H2,25,32,33)(H,28,29,30). The van der Waals surface area contributed by atoms with Gasteiger partial charge in [0.25, 0.3) is 0 Å². The molecule has 0 amide bonds. The van der Waals surface area contributed by atoms with Gasteiger partial charge in [0.1, 0.15) is 11.6 Å². The van der Waals surface area contributed by atoms with E-state index in [0.29, 0.717) is 24.6 Å². The predicted octanol–water partition coefficient (Wildman–Crippen LogP) is 3.86. The number of hydrogen-bond donors (Lipinski definition) is 3. The summed E-state index contributed by atoms with van der Waals surface area (Å²) in [7, 11) is -3.76. The van der Waals surface area contributed by atoms with Crippen LogP contribution in [0.4, 0.5) is 17.5 Å². The van der Waals surface area contributed by atoms with Crippen molar-refractivity contribution in [2.45, 2.75) is 24.7 Å². The van der Waals surface area contributed by atoms with E-state index in [2.05, 4.69) is 20.6 Å². The summed E-state index contributed by atoms with van der Waals surface area (Å²) in [6, 6.07) is 15.8. The minimum Gasteiger partial charge on any atom is -0.370 e. The number of para-hydroxylation sites is 1. The third kappa shape index (κ3) is 5.72. The number of benzene rings is 2. The maximum Gasteiger partial charge on any atom is 0.238 e. The zero-order valence-electron chi connectivity index (χ0n) is 18.5. The number of nitrogens with two attached hydrogens (primary N) is 1. The zero-order valence-corrected chi connectivity index (χ0v) is 19.3. The molecule has 0 radical (unpaired) electrons. The number of sulfonamides is 1. The van der Waals surface area contributed by atoms with Crippen LogP contribution in [0.15, 0.2) is 71.9 Å². The summed E-state index contributed by atoms with van der Waals surface area (Å²) in [5.74, 6) is 1.27. The first-order chi connectivity index (χ1) is 16.3. The van der Waals surface area contributed by atoms with Crippen LogP contribution in [0.3, 0.4) is 0 Å². The van der Waals surface area contributed by atoms with E-state index in [1.165, 1.54) is 12.1 Å². The van der Waals surface area contributed by atoms with Gasteiger partial charge < -0.3 is 15.4 Å². The molecule has 2 aromatic heterocycles. The molecule has 34 heavy (non-hydrogen) atoms. The monoisotopic (exact) mass is 476 g/mol. The summed E-state index contributed by atoms with van der Waals surface area (Å²) in [4.78, 5) is 24.6. The topological polar surface area (TPSA) is 140 Å². The van der Waals surface area contributed by atoms with Crippen molar-refractivity contribution in [1.82, 2.24) is 15.0 Å². The van der Waals surface area contributed by atoms with Crippen LogP contribution in [0.25, 0.3) is 22.0 Å². The zero-order chi connectivity index (χ0) is 24.1. The third-order valence-electron chi connectivity index (χ3n) is 5.13. The summed E-state index contributed by atoms with van der Waals surface area (Å²) in [6.45, 7) is 2.25. The van der Waals surface area contributed by atoms with Crippen LogP contribution in [0, 0.1) is 0 Å². The molecule has 0 saturated carbocycles. The second-order valence-electron chi connectivity index (χ2n) is 7.79. The average Bonchev–Trinajstić information content (AvgIpc) is 2.81. The van der Waals surface area contributed by atoms with Crippen molar-refractivity contribution in [1.29, 1.82) is 0 Å². The smallest absolute Gasteiger partial charge is 0.238 e. The molecule has 0 bridgehead atoms. The lowest BCUT2D eigenvalue weighted by atomic mass is 10.0. The van der Waals surface area contributed by atoms with Crippen molar-refractivity contribution in [3.8, 4) is 11.1 Å². The van der Waals surface area contributed by atoms with E-state index in [-0.39, 0.29) is 10.7 Å². The Balaban J connectivity index is 1.59. The molecule has 10 heteroatoms. The maximum absolute atomic E-state index is 11.5. The van der Waals surface area contributed by atoms with Gasteiger partial charge in [-0.25, -0.2) is 28.5 Å². The molecule has 2 aromatic carbocycles. The number of ketones is 1. The van der Waals surface area contributed by atoms with Gasteiger partial charge in [0.2, 0.25) is 16.0 Å². The van der Waals surface area contributed by atoms with Gasteiger partial charge in [0.15, 0.2) is 0 Å². The summed E-state index contributed by atoms with van der Waals surface area (Å²) < 4.78 is 22.9. The van der Waals surface area contributed by atoms with Crippen molar-refractivity contribution in [2.24, 2.45) is 5.14 Å². The van der Waals surface area contributed by atoms with Crippen molar-refractivity contribution in [3.05, 3.63) is 67.0 Å². The molecule has 4 rings (SSSR count). The molecular weight excluding hydrogens is 452 g/mol. The van der Waals surface area contributed by atoms with E-state index in [0.717, 1.165) is 34.3 Å². The number of primary sulfonamides is 1. The summed E-state index contributed by atoms with van der Waals surface area (Å²) >= 11 is 0. The first-order valence-electron chi connectivity index (χ1n) is 10.6. The number of rotatable bonds is 9. The Labute approximate surface area is 197 Å². The molecule has 0 unspecified atom stereocenters. The molecular formula is C24H24N6O3S. The maximum atomic E-state index is 11.5. The van der Waals surface area contributed by atoms with Crippen LogP contribution in [0.5, 0.6) is 0 Å². The number of carbonyl (C=O) groups is 1. The minimum atomic E-state index is -3.76. The van der Waals surface area contributed by atoms with Gasteiger partial charge in [-0.1, -0.05) is 18.2 Å². The van der Waals surface area contributed by atoms with E-state index < -0.39 is 10.0 Å². The Morgan fingerprint density at radius 2 is 1.85 bits per heavy atom. The summed E-state index contributed by atoms with van der Waals surface area (Å²) in [6.07, 6.45) is 4.74. The normalized spacial score (nSPS) is 11.4. The minimum absolute atomic E-state index is 0.0307. The Hall–Kier alpha value is -3.89. The lowest BCUT2D eigenvalue weighted by Gasteiger charge is -2.11. The Kier molecular flexibility index (Phi) is 6.80. The molecule has 2 heterocycles.